The minimum absolute atomic E-state index is 0.462. The first kappa shape index (κ1) is 14.5. The van der Waals surface area contributed by atoms with Gasteiger partial charge in [0.25, 0.3) is 0 Å². The van der Waals surface area contributed by atoms with Crippen LogP contribution >= 0.6 is 0 Å². The lowest BCUT2D eigenvalue weighted by Gasteiger charge is -2.41. The van der Waals surface area contributed by atoms with E-state index in [-0.39, 0.29) is 0 Å². The third-order valence-electron chi connectivity index (χ3n) is 5.10. The second kappa shape index (κ2) is 6.16. The number of hydrogen-bond donors (Lipinski definition) is 1. The van der Waals surface area contributed by atoms with Crippen LogP contribution in [0.25, 0.3) is 0 Å². The Morgan fingerprint density at radius 2 is 1.78 bits per heavy atom. The van der Waals surface area contributed by atoms with E-state index in [9.17, 15) is 5.11 Å². The highest BCUT2D eigenvalue weighted by molar-refractivity contribution is 5.41. The molecule has 2 aromatic rings. The zero-order valence-corrected chi connectivity index (χ0v) is 13.2. The van der Waals surface area contributed by atoms with Crippen LogP contribution < -0.4 is 4.90 Å². The fourth-order valence-electron chi connectivity index (χ4n) is 3.80. The van der Waals surface area contributed by atoms with Crippen molar-refractivity contribution >= 4 is 5.95 Å². The number of piperazine rings is 1. The van der Waals surface area contributed by atoms with E-state index in [1.165, 1.54) is 12.0 Å². The van der Waals surface area contributed by atoms with Crippen LogP contribution in [0.3, 0.4) is 0 Å². The first-order valence-electron chi connectivity index (χ1n) is 8.37. The zero-order chi connectivity index (χ0) is 15.6. The van der Waals surface area contributed by atoms with Crippen molar-refractivity contribution in [1.82, 2.24) is 14.9 Å². The molecule has 1 N–H and O–H groups in total. The number of aromatic hydroxyl groups is 1. The number of aromatic nitrogens is 2. The van der Waals surface area contributed by atoms with Crippen LogP contribution in [0.5, 0.6) is 5.75 Å². The van der Waals surface area contributed by atoms with Gasteiger partial charge in [0.1, 0.15) is 5.75 Å². The number of nitrogens with zero attached hydrogens (tertiary/aromatic N) is 4. The molecular formula is C18H22N4O. The lowest BCUT2D eigenvalue weighted by Crippen LogP contribution is -2.52. The minimum Gasteiger partial charge on any atom is -0.508 e. The van der Waals surface area contributed by atoms with E-state index in [0.717, 1.165) is 50.5 Å². The number of anilines is 1. The summed E-state index contributed by atoms with van der Waals surface area (Å²) in [7, 11) is 0. The van der Waals surface area contributed by atoms with Crippen LogP contribution in [0.15, 0.2) is 36.7 Å². The monoisotopic (exact) mass is 310 g/mol. The third kappa shape index (κ3) is 2.88. The Bertz CT molecular complexity index is 668. The standard InChI is InChI=1S/C18H22N4O/c23-17-4-1-3-14-5-6-15(13-16(14)17)21-9-11-22(12-10-21)18-19-7-2-8-20-18/h1-4,7-8,15,23H,5-6,9-13H2. The molecule has 0 bridgehead atoms. The van der Waals surface area contributed by atoms with Crippen LogP contribution in [0.1, 0.15) is 17.5 Å². The Morgan fingerprint density at radius 1 is 1.00 bits per heavy atom. The largest absolute Gasteiger partial charge is 0.508 e. The van der Waals surface area contributed by atoms with Gasteiger partial charge in [0.15, 0.2) is 0 Å². The number of phenols is 1. The van der Waals surface area contributed by atoms with Crippen molar-refractivity contribution in [1.29, 1.82) is 0 Å². The van der Waals surface area contributed by atoms with Crippen molar-refractivity contribution in [3.63, 3.8) is 0 Å². The van der Waals surface area contributed by atoms with Gasteiger partial charge >= 0.3 is 0 Å². The summed E-state index contributed by atoms with van der Waals surface area (Å²) in [5, 5.41) is 10.1. The van der Waals surface area contributed by atoms with Gasteiger partial charge in [0.05, 0.1) is 0 Å². The number of fused-ring (bicyclic) bond motifs is 1. The van der Waals surface area contributed by atoms with Crippen LogP contribution in [-0.2, 0) is 12.8 Å². The maximum absolute atomic E-state index is 10.1. The Hall–Kier alpha value is -2.14. The molecule has 1 aliphatic heterocycles. The average molecular weight is 310 g/mol. The molecule has 5 heteroatoms. The molecule has 2 heterocycles. The molecule has 1 aromatic heterocycles. The molecule has 120 valence electrons. The molecule has 1 aromatic carbocycles. The quantitative estimate of drug-likeness (QED) is 0.917. The number of hydrogen-bond acceptors (Lipinski definition) is 5. The first-order chi connectivity index (χ1) is 11.3. The summed E-state index contributed by atoms with van der Waals surface area (Å²) in [4.78, 5) is 13.5. The molecule has 1 atom stereocenters. The van der Waals surface area contributed by atoms with Crippen molar-refractivity contribution in [2.75, 3.05) is 31.1 Å². The van der Waals surface area contributed by atoms with Crippen molar-refractivity contribution in [2.45, 2.75) is 25.3 Å². The van der Waals surface area contributed by atoms with Crippen LogP contribution in [0.4, 0.5) is 5.95 Å². The molecule has 0 radical (unpaired) electrons. The van der Waals surface area contributed by atoms with Gasteiger partial charge in [-0.25, -0.2) is 9.97 Å². The van der Waals surface area contributed by atoms with Crippen molar-refractivity contribution in [3.05, 3.63) is 47.8 Å². The molecule has 1 saturated heterocycles. The average Bonchev–Trinajstić information content (AvgIpc) is 2.63. The summed E-state index contributed by atoms with van der Waals surface area (Å²) < 4.78 is 0. The molecule has 0 amide bonds. The van der Waals surface area contributed by atoms with E-state index in [2.05, 4.69) is 25.8 Å². The molecule has 1 fully saturated rings. The topological polar surface area (TPSA) is 52.5 Å². The summed E-state index contributed by atoms with van der Waals surface area (Å²) in [5.41, 5.74) is 2.47. The fraction of sp³-hybridized carbons (Fsp3) is 0.444. The van der Waals surface area contributed by atoms with E-state index in [0.29, 0.717) is 11.8 Å². The molecule has 1 unspecified atom stereocenters. The molecule has 5 nitrogen and oxygen atoms in total. The number of phenolic OH excluding ortho intramolecular Hbond substituents is 1. The van der Waals surface area contributed by atoms with Gasteiger partial charge in [0, 0.05) is 44.6 Å². The molecule has 1 aliphatic carbocycles. The Morgan fingerprint density at radius 3 is 2.57 bits per heavy atom. The summed E-state index contributed by atoms with van der Waals surface area (Å²) in [5.74, 6) is 1.29. The predicted octanol–water partition coefficient (Wildman–Crippen LogP) is 1.86. The lowest BCUT2D eigenvalue weighted by atomic mass is 9.86. The van der Waals surface area contributed by atoms with Gasteiger partial charge in [-0.15, -0.1) is 0 Å². The second-order valence-electron chi connectivity index (χ2n) is 6.38. The zero-order valence-electron chi connectivity index (χ0n) is 13.2. The van der Waals surface area contributed by atoms with Crippen molar-refractivity contribution < 1.29 is 5.11 Å². The fourth-order valence-corrected chi connectivity index (χ4v) is 3.80. The smallest absolute Gasteiger partial charge is 0.225 e. The van der Waals surface area contributed by atoms with Crippen molar-refractivity contribution in [3.8, 4) is 5.75 Å². The Kier molecular flexibility index (Phi) is 3.87. The van der Waals surface area contributed by atoms with Gasteiger partial charge in [0.2, 0.25) is 5.95 Å². The van der Waals surface area contributed by atoms with E-state index >= 15 is 0 Å². The minimum atomic E-state index is 0.462. The number of rotatable bonds is 2. The predicted molar refractivity (Wildman–Crippen MR) is 89.7 cm³/mol. The molecule has 2 aliphatic rings. The summed E-state index contributed by atoms with van der Waals surface area (Å²) in [6, 6.07) is 8.30. The maximum Gasteiger partial charge on any atom is 0.225 e. The van der Waals surface area contributed by atoms with Gasteiger partial charge in [-0.05, 0) is 42.5 Å². The van der Waals surface area contributed by atoms with E-state index in [1.54, 1.807) is 12.4 Å². The number of benzene rings is 1. The molecule has 0 spiro atoms. The summed E-state index contributed by atoms with van der Waals surface area (Å²) in [6.07, 6.45) is 6.81. The number of aryl methyl sites for hydroxylation is 1. The van der Waals surface area contributed by atoms with Gasteiger partial charge in [-0.3, -0.25) is 4.90 Å². The van der Waals surface area contributed by atoms with Gasteiger partial charge in [-0.2, -0.15) is 0 Å². The second-order valence-corrected chi connectivity index (χ2v) is 6.38. The normalized spacial score (nSPS) is 21.9. The summed E-state index contributed by atoms with van der Waals surface area (Å²) in [6.45, 7) is 4.00. The van der Waals surface area contributed by atoms with Gasteiger partial charge < -0.3 is 10.0 Å². The highest BCUT2D eigenvalue weighted by Crippen LogP contribution is 2.31. The van der Waals surface area contributed by atoms with Gasteiger partial charge in [-0.1, -0.05) is 12.1 Å². The van der Waals surface area contributed by atoms with Crippen LogP contribution in [-0.4, -0.2) is 52.2 Å². The Balaban J connectivity index is 1.41. The van der Waals surface area contributed by atoms with Crippen LogP contribution in [0, 0.1) is 0 Å². The van der Waals surface area contributed by atoms with E-state index in [4.69, 9.17) is 0 Å². The third-order valence-corrected chi connectivity index (χ3v) is 5.10. The lowest BCUT2D eigenvalue weighted by molar-refractivity contribution is 0.168. The Labute approximate surface area is 136 Å². The summed E-state index contributed by atoms with van der Waals surface area (Å²) >= 11 is 0. The van der Waals surface area contributed by atoms with E-state index < -0.39 is 0 Å². The highest BCUT2D eigenvalue weighted by atomic mass is 16.3. The SMILES string of the molecule is Oc1cccc2c1CC(N1CCN(c3ncccn3)CC1)CC2. The molecule has 4 rings (SSSR count). The first-order valence-corrected chi connectivity index (χ1v) is 8.37. The van der Waals surface area contributed by atoms with E-state index in [1.807, 2.05) is 18.2 Å². The van der Waals surface area contributed by atoms with Crippen molar-refractivity contribution in [2.24, 2.45) is 0 Å². The highest BCUT2D eigenvalue weighted by Gasteiger charge is 2.28. The van der Waals surface area contributed by atoms with Crippen LogP contribution in [0.2, 0.25) is 0 Å². The molecule has 23 heavy (non-hydrogen) atoms. The molecule has 0 saturated carbocycles. The molecular weight excluding hydrogens is 288 g/mol. The maximum atomic E-state index is 10.1.